The van der Waals surface area contributed by atoms with E-state index < -0.39 is 11.8 Å². The van der Waals surface area contributed by atoms with Crippen LogP contribution >= 0.6 is 0 Å². The van der Waals surface area contributed by atoms with E-state index in [9.17, 15) is 4.79 Å². The molecule has 0 radical (unpaired) electrons. The number of ether oxygens (including phenoxy) is 2. The zero-order valence-corrected chi connectivity index (χ0v) is 10.7. The van der Waals surface area contributed by atoms with Crippen LogP contribution in [0.4, 0.5) is 0 Å². The maximum absolute atomic E-state index is 10.5. The topological polar surface area (TPSA) is 55.8 Å². The third-order valence-corrected chi connectivity index (χ3v) is 3.25. The summed E-state index contributed by atoms with van der Waals surface area (Å²) < 4.78 is 11.6. The van der Waals surface area contributed by atoms with Gasteiger partial charge in [0.1, 0.15) is 0 Å². The highest BCUT2D eigenvalue weighted by Crippen LogP contribution is 2.36. The third-order valence-electron chi connectivity index (χ3n) is 3.25. The molecule has 0 bridgehead atoms. The van der Waals surface area contributed by atoms with Gasteiger partial charge in [0.25, 0.3) is 0 Å². The largest absolute Gasteiger partial charge is 0.481 e. The van der Waals surface area contributed by atoms with Gasteiger partial charge in [0.05, 0.1) is 12.7 Å². The summed E-state index contributed by atoms with van der Waals surface area (Å²) in [5.74, 6) is -1.56. The Morgan fingerprint density at radius 2 is 2.22 bits per heavy atom. The van der Waals surface area contributed by atoms with Crippen molar-refractivity contribution in [2.24, 2.45) is 0 Å². The van der Waals surface area contributed by atoms with Crippen molar-refractivity contribution in [2.45, 2.75) is 38.6 Å². The van der Waals surface area contributed by atoms with Crippen molar-refractivity contribution >= 4 is 5.97 Å². The van der Waals surface area contributed by atoms with Crippen molar-refractivity contribution < 1.29 is 19.4 Å². The molecule has 0 spiro atoms. The first-order chi connectivity index (χ1) is 8.51. The van der Waals surface area contributed by atoms with E-state index in [2.05, 4.69) is 0 Å². The molecule has 1 aromatic carbocycles. The quantitative estimate of drug-likeness (QED) is 0.891. The zero-order chi connectivity index (χ0) is 13.2. The van der Waals surface area contributed by atoms with Gasteiger partial charge in [0.15, 0.2) is 5.79 Å². The second kappa shape index (κ2) is 5.08. The number of aryl methyl sites for hydroxylation is 1. The van der Waals surface area contributed by atoms with Gasteiger partial charge in [-0.1, -0.05) is 24.3 Å². The molecule has 18 heavy (non-hydrogen) atoms. The van der Waals surface area contributed by atoms with E-state index in [1.165, 1.54) is 0 Å². The Labute approximate surface area is 107 Å². The SMILES string of the molecule is Cc1ccccc1C1(C)OCC(CCC(=O)O)O1. The Kier molecular flexibility index (Phi) is 3.68. The molecule has 1 aromatic rings. The Morgan fingerprint density at radius 1 is 1.50 bits per heavy atom. The molecule has 1 N–H and O–H groups in total. The van der Waals surface area contributed by atoms with E-state index in [-0.39, 0.29) is 12.5 Å². The van der Waals surface area contributed by atoms with Crippen molar-refractivity contribution in [3.05, 3.63) is 35.4 Å². The number of hydrogen-bond donors (Lipinski definition) is 1. The molecule has 4 heteroatoms. The highest BCUT2D eigenvalue weighted by atomic mass is 16.7. The van der Waals surface area contributed by atoms with E-state index in [4.69, 9.17) is 14.6 Å². The molecular formula is C14H18O4. The summed E-state index contributed by atoms with van der Waals surface area (Å²) in [5.41, 5.74) is 2.11. The van der Waals surface area contributed by atoms with Gasteiger partial charge in [0.2, 0.25) is 0 Å². The van der Waals surface area contributed by atoms with Gasteiger partial charge in [-0.25, -0.2) is 0 Å². The molecule has 1 aliphatic heterocycles. The Bertz CT molecular complexity index is 443. The van der Waals surface area contributed by atoms with Crippen molar-refractivity contribution in [1.29, 1.82) is 0 Å². The summed E-state index contributed by atoms with van der Waals surface area (Å²) in [4.78, 5) is 10.5. The number of benzene rings is 1. The van der Waals surface area contributed by atoms with Gasteiger partial charge >= 0.3 is 5.97 Å². The average Bonchev–Trinajstić information content (AvgIpc) is 2.70. The first kappa shape index (κ1) is 13.1. The monoisotopic (exact) mass is 250 g/mol. The van der Waals surface area contributed by atoms with Crippen LogP contribution < -0.4 is 0 Å². The maximum atomic E-state index is 10.5. The standard InChI is InChI=1S/C14H18O4/c1-10-5-3-4-6-12(10)14(2)17-9-11(18-14)7-8-13(15)16/h3-6,11H,7-9H2,1-2H3,(H,15,16). The first-order valence-electron chi connectivity index (χ1n) is 6.11. The van der Waals surface area contributed by atoms with Crippen LogP contribution in [0, 0.1) is 6.92 Å². The van der Waals surface area contributed by atoms with Crippen LogP contribution in [0.2, 0.25) is 0 Å². The van der Waals surface area contributed by atoms with Crippen LogP contribution in [0.15, 0.2) is 24.3 Å². The third kappa shape index (κ3) is 2.71. The average molecular weight is 250 g/mol. The smallest absolute Gasteiger partial charge is 0.303 e. The second-order valence-electron chi connectivity index (χ2n) is 4.74. The molecule has 1 heterocycles. The number of carboxylic acids is 1. The van der Waals surface area contributed by atoms with Crippen molar-refractivity contribution in [2.75, 3.05) is 6.61 Å². The van der Waals surface area contributed by atoms with Gasteiger partial charge in [-0.05, 0) is 25.8 Å². The molecule has 4 nitrogen and oxygen atoms in total. The van der Waals surface area contributed by atoms with Gasteiger partial charge in [-0.15, -0.1) is 0 Å². The lowest BCUT2D eigenvalue weighted by Crippen LogP contribution is -2.25. The summed E-state index contributed by atoms with van der Waals surface area (Å²) in [6.07, 6.45) is 0.444. The Balaban J connectivity index is 2.06. The van der Waals surface area contributed by atoms with E-state index in [1.54, 1.807) is 0 Å². The van der Waals surface area contributed by atoms with Crippen LogP contribution in [0.25, 0.3) is 0 Å². The Hall–Kier alpha value is -1.39. The maximum Gasteiger partial charge on any atom is 0.303 e. The van der Waals surface area contributed by atoms with Crippen LogP contribution in [0.1, 0.15) is 30.9 Å². The van der Waals surface area contributed by atoms with E-state index >= 15 is 0 Å². The second-order valence-corrected chi connectivity index (χ2v) is 4.74. The molecule has 1 fully saturated rings. The lowest BCUT2D eigenvalue weighted by atomic mass is 10.0. The van der Waals surface area contributed by atoms with Crippen molar-refractivity contribution in [3.63, 3.8) is 0 Å². The molecule has 2 atom stereocenters. The lowest BCUT2D eigenvalue weighted by Gasteiger charge is -2.25. The lowest BCUT2D eigenvalue weighted by molar-refractivity contribution is -0.164. The number of rotatable bonds is 4. The zero-order valence-electron chi connectivity index (χ0n) is 10.7. The predicted octanol–water partition coefficient (Wildman–Crippen LogP) is 2.45. The minimum atomic E-state index is -0.803. The van der Waals surface area contributed by atoms with Crippen LogP contribution in [-0.2, 0) is 20.1 Å². The number of aliphatic carboxylic acids is 1. The normalized spacial score (nSPS) is 27.3. The molecule has 0 amide bonds. The van der Waals surface area contributed by atoms with Crippen molar-refractivity contribution in [3.8, 4) is 0 Å². The van der Waals surface area contributed by atoms with Crippen LogP contribution in [0.5, 0.6) is 0 Å². The minimum Gasteiger partial charge on any atom is -0.481 e. The summed E-state index contributed by atoms with van der Waals surface area (Å²) in [6, 6.07) is 7.91. The van der Waals surface area contributed by atoms with E-state index in [0.29, 0.717) is 13.0 Å². The van der Waals surface area contributed by atoms with Gasteiger partial charge in [0, 0.05) is 12.0 Å². The minimum absolute atomic E-state index is 0.109. The molecule has 0 saturated carbocycles. The molecule has 0 aromatic heterocycles. The van der Waals surface area contributed by atoms with Gasteiger partial charge in [-0.3, -0.25) is 4.79 Å². The van der Waals surface area contributed by atoms with Crippen molar-refractivity contribution in [1.82, 2.24) is 0 Å². The van der Waals surface area contributed by atoms with E-state index in [1.807, 2.05) is 38.1 Å². The molecule has 1 aliphatic rings. The Morgan fingerprint density at radius 3 is 2.89 bits per heavy atom. The van der Waals surface area contributed by atoms with Crippen LogP contribution in [-0.4, -0.2) is 23.8 Å². The molecule has 0 aliphatic carbocycles. The molecular weight excluding hydrogens is 232 g/mol. The molecule has 1 saturated heterocycles. The summed E-state index contributed by atoms with van der Waals surface area (Å²) in [7, 11) is 0. The fourth-order valence-corrected chi connectivity index (χ4v) is 2.29. The fourth-order valence-electron chi connectivity index (χ4n) is 2.29. The molecule has 98 valence electrons. The highest BCUT2D eigenvalue weighted by Gasteiger charge is 2.39. The van der Waals surface area contributed by atoms with Crippen LogP contribution in [0.3, 0.4) is 0 Å². The number of carbonyl (C=O) groups is 1. The van der Waals surface area contributed by atoms with Gasteiger partial charge < -0.3 is 14.6 Å². The summed E-state index contributed by atoms with van der Waals surface area (Å²) >= 11 is 0. The first-order valence-corrected chi connectivity index (χ1v) is 6.11. The molecule has 2 rings (SSSR count). The predicted molar refractivity (Wildman–Crippen MR) is 66.2 cm³/mol. The highest BCUT2D eigenvalue weighted by molar-refractivity contribution is 5.66. The summed E-state index contributed by atoms with van der Waals surface area (Å²) in [6.45, 7) is 4.34. The van der Waals surface area contributed by atoms with Gasteiger partial charge in [-0.2, -0.15) is 0 Å². The number of carboxylic acid groups (broad SMARTS) is 1. The summed E-state index contributed by atoms with van der Waals surface area (Å²) in [5, 5.41) is 8.67. The van der Waals surface area contributed by atoms with E-state index in [0.717, 1.165) is 11.1 Å². The molecule has 2 unspecified atom stereocenters. The number of hydrogen-bond acceptors (Lipinski definition) is 3. The fraction of sp³-hybridized carbons (Fsp3) is 0.500.